The van der Waals surface area contributed by atoms with Gasteiger partial charge in [-0.15, -0.1) is 5.26 Å². The Balaban J connectivity index is 2.79. The smallest absolute Gasteiger partial charge is 0.347 e. The fourth-order valence-electron chi connectivity index (χ4n) is 0.588. The molecule has 0 atom stereocenters. The summed E-state index contributed by atoms with van der Waals surface area (Å²) in [7, 11) is 0. The number of ether oxygens (including phenoxy) is 1. The Hall–Kier alpha value is -1.89. The van der Waals surface area contributed by atoms with E-state index in [0.29, 0.717) is 5.56 Å². The van der Waals surface area contributed by atoms with Crippen LogP contribution in [-0.4, -0.2) is 11.0 Å². The van der Waals surface area contributed by atoms with E-state index in [1.165, 1.54) is 30.8 Å². The molecule has 0 bridgehead atoms. The van der Waals surface area contributed by atoms with Crippen molar-refractivity contribution in [2.75, 3.05) is 0 Å². The summed E-state index contributed by atoms with van der Waals surface area (Å²) in [5.41, 5.74) is 0.321. The normalized spacial score (nSPS) is 8.27. The van der Waals surface area contributed by atoms with Crippen molar-refractivity contribution in [2.24, 2.45) is 0 Å². The minimum absolute atomic E-state index is 0.321. The standard InChI is InChI=1S/C7H4N2O2/c8-5-11-7(10)6-1-3-9-4-2-6/h1-4H. The second-order valence-electron chi connectivity index (χ2n) is 1.72. The van der Waals surface area contributed by atoms with Gasteiger partial charge >= 0.3 is 5.97 Å². The first-order valence-corrected chi connectivity index (χ1v) is 2.85. The third-order valence-electron chi connectivity index (χ3n) is 1.05. The Morgan fingerprint density at radius 1 is 1.55 bits per heavy atom. The quantitative estimate of drug-likeness (QED) is 0.434. The summed E-state index contributed by atoms with van der Waals surface area (Å²) < 4.78 is 4.07. The lowest BCUT2D eigenvalue weighted by atomic mass is 10.3. The molecule has 4 nitrogen and oxygen atoms in total. The Morgan fingerprint density at radius 2 is 2.18 bits per heavy atom. The Kier molecular flexibility index (Phi) is 2.18. The molecule has 1 aromatic rings. The maximum atomic E-state index is 10.8. The van der Waals surface area contributed by atoms with E-state index in [1.54, 1.807) is 0 Å². The number of carbonyl (C=O) groups is 1. The topological polar surface area (TPSA) is 63.0 Å². The maximum Gasteiger partial charge on any atom is 0.353 e. The van der Waals surface area contributed by atoms with E-state index < -0.39 is 5.97 Å². The van der Waals surface area contributed by atoms with Gasteiger partial charge in [-0.3, -0.25) is 4.98 Å². The first-order chi connectivity index (χ1) is 5.34. The van der Waals surface area contributed by atoms with Crippen LogP contribution in [0.5, 0.6) is 0 Å². The zero-order valence-corrected chi connectivity index (χ0v) is 5.52. The van der Waals surface area contributed by atoms with Gasteiger partial charge in [-0.1, -0.05) is 0 Å². The molecule has 4 heteroatoms. The number of hydrogen-bond donors (Lipinski definition) is 0. The van der Waals surface area contributed by atoms with E-state index in [4.69, 9.17) is 5.26 Å². The molecule has 0 aromatic carbocycles. The monoisotopic (exact) mass is 148 g/mol. The number of carbonyl (C=O) groups excluding carboxylic acids is 1. The van der Waals surface area contributed by atoms with E-state index in [1.807, 2.05) is 0 Å². The van der Waals surface area contributed by atoms with Gasteiger partial charge in [0, 0.05) is 12.4 Å². The molecule has 0 saturated heterocycles. The summed E-state index contributed by atoms with van der Waals surface area (Å²) in [6.45, 7) is 0. The number of esters is 1. The van der Waals surface area contributed by atoms with E-state index in [0.717, 1.165) is 0 Å². The van der Waals surface area contributed by atoms with Gasteiger partial charge in [0.25, 0.3) is 6.26 Å². The predicted octanol–water partition coefficient (Wildman–Crippen LogP) is 0.719. The maximum absolute atomic E-state index is 10.8. The van der Waals surface area contributed by atoms with E-state index in [9.17, 15) is 4.79 Å². The van der Waals surface area contributed by atoms with Crippen LogP contribution in [0.25, 0.3) is 0 Å². The lowest BCUT2D eigenvalue weighted by Crippen LogP contribution is -1.99. The highest BCUT2D eigenvalue weighted by Crippen LogP contribution is 1.97. The molecule has 11 heavy (non-hydrogen) atoms. The van der Waals surface area contributed by atoms with Crippen LogP contribution in [0.3, 0.4) is 0 Å². The molecule has 0 aliphatic heterocycles. The summed E-state index contributed by atoms with van der Waals surface area (Å²) in [5.74, 6) is -0.658. The molecule has 0 amide bonds. The molecule has 0 aliphatic rings. The van der Waals surface area contributed by atoms with Gasteiger partial charge in [-0.05, 0) is 12.1 Å². The fraction of sp³-hybridized carbons (Fsp3) is 0. The van der Waals surface area contributed by atoms with Crippen molar-refractivity contribution >= 4 is 5.97 Å². The third-order valence-corrected chi connectivity index (χ3v) is 1.05. The largest absolute Gasteiger partial charge is 0.353 e. The van der Waals surface area contributed by atoms with Crippen LogP contribution in [-0.2, 0) is 4.74 Å². The van der Waals surface area contributed by atoms with Crippen LogP contribution in [0.2, 0.25) is 0 Å². The van der Waals surface area contributed by atoms with E-state index in [-0.39, 0.29) is 0 Å². The summed E-state index contributed by atoms with van der Waals surface area (Å²) >= 11 is 0. The van der Waals surface area contributed by atoms with E-state index >= 15 is 0 Å². The Morgan fingerprint density at radius 3 is 2.73 bits per heavy atom. The van der Waals surface area contributed by atoms with Crippen LogP contribution >= 0.6 is 0 Å². The molecule has 0 aliphatic carbocycles. The number of pyridine rings is 1. The second kappa shape index (κ2) is 3.32. The molecule has 0 spiro atoms. The van der Waals surface area contributed by atoms with Gasteiger partial charge in [0.2, 0.25) is 0 Å². The molecule has 0 unspecified atom stereocenters. The SMILES string of the molecule is N#COC(=O)c1ccncc1. The number of rotatable bonds is 1. The minimum Gasteiger partial charge on any atom is -0.347 e. The number of hydrogen-bond acceptors (Lipinski definition) is 4. The van der Waals surface area contributed by atoms with Crippen LogP contribution < -0.4 is 0 Å². The molecule has 1 aromatic heterocycles. The molecular formula is C7H4N2O2. The van der Waals surface area contributed by atoms with Crippen molar-refractivity contribution in [3.8, 4) is 6.26 Å². The summed E-state index contributed by atoms with van der Waals surface area (Å²) in [4.78, 5) is 14.5. The number of nitrogens with zero attached hydrogens (tertiary/aromatic N) is 2. The van der Waals surface area contributed by atoms with Crippen molar-refractivity contribution in [1.82, 2.24) is 4.98 Å². The molecule has 54 valence electrons. The van der Waals surface area contributed by atoms with Gasteiger partial charge in [-0.2, -0.15) is 0 Å². The van der Waals surface area contributed by atoms with E-state index in [2.05, 4.69) is 9.72 Å². The molecule has 0 radical (unpaired) electrons. The van der Waals surface area contributed by atoms with Gasteiger partial charge in [0.05, 0.1) is 5.56 Å². The summed E-state index contributed by atoms with van der Waals surface area (Å²) in [6, 6.07) is 2.94. The van der Waals surface area contributed by atoms with Crippen LogP contribution in [0.15, 0.2) is 24.5 Å². The number of nitriles is 1. The first kappa shape index (κ1) is 7.22. The first-order valence-electron chi connectivity index (χ1n) is 2.85. The highest BCUT2D eigenvalue weighted by atomic mass is 16.5. The highest BCUT2D eigenvalue weighted by molar-refractivity contribution is 5.89. The fourth-order valence-corrected chi connectivity index (χ4v) is 0.588. The Labute approximate surface area is 63.0 Å². The lowest BCUT2D eigenvalue weighted by molar-refractivity contribution is 0.0685. The molecular weight excluding hydrogens is 144 g/mol. The molecule has 0 fully saturated rings. The predicted molar refractivity (Wildman–Crippen MR) is 35.3 cm³/mol. The summed E-state index contributed by atoms with van der Waals surface area (Å²) in [5, 5.41) is 7.99. The van der Waals surface area contributed by atoms with Crippen molar-refractivity contribution < 1.29 is 9.53 Å². The number of aromatic nitrogens is 1. The summed E-state index contributed by atoms with van der Waals surface area (Å²) in [6.07, 6.45) is 4.20. The average molecular weight is 148 g/mol. The average Bonchev–Trinajstić information content (AvgIpc) is 2.07. The van der Waals surface area contributed by atoms with Gasteiger partial charge in [-0.25, -0.2) is 4.79 Å². The third kappa shape index (κ3) is 1.76. The lowest BCUT2D eigenvalue weighted by Gasteiger charge is -1.92. The molecule has 0 saturated carbocycles. The molecule has 0 N–H and O–H groups in total. The second-order valence-corrected chi connectivity index (χ2v) is 1.72. The van der Waals surface area contributed by atoms with Gasteiger partial charge in [0.1, 0.15) is 0 Å². The van der Waals surface area contributed by atoms with Crippen LogP contribution in [0.1, 0.15) is 10.4 Å². The zero-order valence-electron chi connectivity index (χ0n) is 5.52. The van der Waals surface area contributed by atoms with Crippen molar-refractivity contribution in [2.45, 2.75) is 0 Å². The van der Waals surface area contributed by atoms with Crippen LogP contribution in [0.4, 0.5) is 0 Å². The molecule has 1 heterocycles. The Bertz CT molecular complexity index is 289. The molecule has 1 rings (SSSR count). The minimum atomic E-state index is -0.658. The van der Waals surface area contributed by atoms with Crippen LogP contribution in [0, 0.1) is 11.5 Å². The zero-order chi connectivity index (χ0) is 8.10. The van der Waals surface area contributed by atoms with Gasteiger partial charge in [0.15, 0.2) is 0 Å². The van der Waals surface area contributed by atoms with Crippen molar-refractivity contribution in [3.63, 3.8) is 0 Å². The van der Waals surface area contributed by atoms with Gasteiger partial charge < -0.3 is 4.74 Å². The highest BCUT2D eigenvalue weighted by Gasteiger charge is 2.04. The van der Waals surface area contributed by atoms with Crippen molar-refractivity contribution in [3.05, 3.63) is 30.1 Å². The van der Waals surface area contributed by atoms with Crippen molar-refractivity contribution in [1.29, 1.82) is 5.26 Å².